The zero-order valence-corrected chi connectivity index (χ0v) is 12.5. The molecule has 1 atom stereocenters. The van der Waals surface area contributed by atoms with E-state index >= 15 is 0 Å². The van der Waals surface area contributed by atoms with Crippen LogP contribution in [0.15, 0.2) is 59.1 Å². The first kappa shape index (κ1) is 14.6. The quantitative estimate of drug-likeness (QED) is 0.872. The van der Waals surface area contributed by atoms with Crippen LogP contribution in [0.2, 0.25) is 0 Å². The molecule has 0 fully saturated rings. The van der Waals surface area contributed by atoms with Crippen LogP contribution in [0, 0.1) is 0 Å². The average molecular weight is 334 g/mol. The van der Waals surface area contributed by atoms with Gasteiger partial charge in [0.2, 0.25) is 0 Å². The summed E-state index contributed by atoms with van der Waals surface area (Å²) in [5.41, 5.74) is 2.24. The molecule has 0 radical (unpaired) electrons. The standard InChI is InChI=1S/C16H16BrNO2/c17-14-8-6-13(7-9-14)11-15(18-16(19)20)10-12-4-2-1-3-5-12/h1-9,15,18H,10-11H2,(H,19,20). The molecule has 0 aliphatic carbocycles. The molecule has 2 aromatic carbocycles. The zero-order valence-electron chi connectivity index (χ0n) is 10.9. The average Bonchev–Trinajstić information content (AvgIpc) is 2.42. The number of carboxylic acid groups (broad SMARTS) is 1. The molecule has 0 bridgehead atoms. The van der Waals surface area contributed by atoms with Crippen LogP contribution in [0.3, 0.4) is 0 Å². The molecular weight excluding hydrogens is 318 g/mol. The second kappa shape index (κ2) is 7.10. The molecule has 20 heavy (non-hydrogen) atoms. The lowest BCUT2D eigenvalue weighted by atomic mass is 9.99. The largest absolute Gasteiger partial charge is 0.465 e. The maximum atomic E-state index is 10.9. The van der Waals surface area contributed by atoms with Gasteiger partial charge in [-0.25, -0.2) is 4.79 Å². The molecule has 0 saturated carbocycles. The Morgan fingerprint density at radius 1 is 1.00 bits per heavy atom. The third-order valence-corrected chi connectivity index (χ3v) is 3.58. The summed E-state index contributed by atoms with van der Waals surface area (Å²) in [5, 5.41) is 11.6. The van der Waals surface area contributed by atoms with Gasteiger partial charge in [-0.15, -0.1) is 0 Å². The van der Waals surface area contributed by atoms with Crippen molar-refractivity contribution in [2.45, 2.75) is 18.9 Å². The summed E-state index contributed by atoms with van der Waals surface area (Å²) < 4.78 is 1.02. The minimum Gasteiger partial charge on any atom is -0.465 e. The van der Waals surface area contributed by atoms with Crippen molar-refractivity contribution >= 4 is 22.0 Å². The van der Waals surface area contributed by atoms with Crippen molar-refractivity contribution in [3.63, 3.8) is 0 Å². The summed E-state index contributed by atoms with van der Waals surface area (Å²) in [4.78, 5) is 10.9. The number of carbonyl (C=O) groups is 1. The first-order valence-electron chi connectivity index (χ1n) is 6.41. The van der Waals surface area contributed by atoms with Crippen molar-refractivity contribution in [3.8, 4) is 0 Å². The van der Waals surface area contributed by atoms with Crippen molar-refractivity contribution < 1.29 is 9.90 Å². The van der Waals surface area contributed by atoms with E-state index in [0.29, 0.717) is 12.8 Å². The van der Waals surface area contributed by atoms with Crippen LogP contribution in [0.1, 0.15) is 11.1 Å². The molecule has 1 amide bonds. The van der Waals surface area contributed by atoms with E-state index in [9.17, 15) is 4.79 Å². The van der Waals surface area contributed by atoms with Crippen molar-refractivity contribution in [2.75, 3.05) is 0 Å². The Balaban J connectivity index is 2.07. The Labute approximate surface area is 126 Å². The predicted octanol–water partition coefficient (Wildman–Crippen LogP) is 3.87. The van der Waals surface area contributed by atoms with E-state index in [4.69, 9.17) is 5.11 Å². The van der Waals surface area contributed by atoms with E-state index in [-0.39, 0.29) is 6.04 Å². The molecule has 0 aliphatic heterocycles. The van der Waals surface area contributed by atoms with Crippen molar-refractivity contribution in [1.82, 2.24) is 5.32 Å². The number of nitrogens with one attached hydrogen (secondary N) is 1. The lowest BCUT2D eigenvalue weighted by Gasteiger charge is -2.17. The fourth-order valence-corrected chi connectivity index (χ4v) is 2.42. The van der Waals surface area contributed by atoms with Crippen LogP contribution in [-0.4, -0.2) is 17.2 Å². The van der Waals surface area contributed by atoms with Gasteiger partial charge in [0, 0.05) is 10.5 Å². The van der Waals surface area contributed by atoms with Gasteiger partial charge in [-0.3, -0.25) is 0 Å². The summed E-state index contributed by atoms with van der Waals surface area (Å²) in [6.07, 6.45) is 0.376. The normalized spacial score (nSPS) is 11.8. The topological polar surface area (TPSA) is 49.3 Å². The maximum Gasteiger partial charge on any atom is 0.404 e. The highest BCUT2D eigenvalue weighted by Gasteiger charge is 2.13. The van der Waals surface area contributed by atoms with Gasteiger partial charge in [-0.1, -0.05) is 58.4 Å². The van der Waals surface area contributed by atoms with Crippen LogP contribution in [0.25, 0.3) is 0 Å². The van der Waals surface area contributed by atoms with Gasteiger partial charge >= 0.3 is 6.09 Å². The Kier molecular flexibility index (Phi) is 5.18. The molecule has 0 aliphatic rings. The third kappa shape index (κ3) is 4.70. The van der Waals surface area contributed by atoms with Gasteiger partial charge in [-0.05, 0) is 36.1 Å². The Morgan fingerprint density at radius 3 is 2.10 bits per heavy atom. The molecule has 0 spiro atoms. The van der Waals surface area contributed by atoms with Crippen molar-refractivity contribution in [1.29, 1.82) is 0 Å². The minimum atomic E-state index is -0.983. The summed E-state index contributed by atoms with van der Waals surface area (Å²) in [6, 6.07) is 17.7. The van der Waals surface area contributed by atoms with Gasteiger partial charge < -0.3 is 10.4 Å². The van der Waals surface area contributed by atoms with Gasteiger partial charge in [-0.2, -0.15) is 0 Å². The van der Waals surface area contributed by atoms with Crippen LogP contribution in [-0.2, 0) is 12.8 Å². The molecule has 4 heteroatoms. The highest BCUT2D eigenvalue weighted by molar-refractivity contribution is 9.10. The molecule has 0 aromatic heterocycles. The molecule has 104 valence electrons. The van der Waals surface area contributed by atoms with Crippen LogP contribution < -0.4 is 5.32 Å². The number of amides is 1. The Bertz CT molecular complexity index is 554. The first-order chi connectivity index (χ1) is 9.63. The zero-order chi connectivity index (χ0) is 14.4. The van der Waals surface area contributed by atoms with Crippen LogP contribution in [0.5, 0.6) is 0 Å². The first-order valence-corrected chi connectivity index (χ1v) is 7.20. The number of halogens is 1. The molecule has 1 unspecified atom stereocenters. The van der Waals surface area contributed by atoms with E-state index in [1.165, 1.54) is 0 Å². The number of hydrogen-bond acceptors (Lipinski definition) is 1. The Hall–Kier alpha value is -1.81. The van der Waals surface area contributed by atoms with Gasteiger partial charge in [0.15, 0.2) is 0 Å². The monoisotopic (exact) mass is 333 g/mol. The van der Waals surface area contributed by atoms with Gasteiger partial charge in [0.1, 0.15) is 0 Å². The second-order valence-corrected chi connectivity index (χ2v) is 5.58. The molecule has 0 heterocycles. The molecule has 0 saturated heterocycles. The molecular formula is C16H16BrNO2. The van der Waals surface area contributed by atoms with Crippen LogP contribution in [0.4, 0.5) is 4.79 Å². The number of rotatable bonds is 5. The van der Waals surface area contributed by atoms with Gasteiger partial charge in [0.25, 0.3) is 0 Å². The number of benzene rings is 2. The maximum absolute atomic E-state index is 10.9. The van der Waals surface area contributed by atoms with E-state index in [1.807, 2.05) is 54.6 Å². The molecule has 2 N–H and O–H groups in total. The van der Waals surface area contributed by atoms with Crippen LogP contribution >= 0.6 is 15.9 Å². The van der Waals surface area contributed by atoms with E-state index in [0.717, 1.165) is 15.6 Å². The van der Waals surface area contributed by atoms with Gasteiger partial charge in [0.05, 0.1) is 0 Å². The fraction of sp³-hybridized carbons (Fsp3) is 0.188. The third-order valence-electron chi connectivity index (χ3n) is 3.05. The Morgan fingerprint density at radius 2 is 1.55 bits per heavy atom. The lowest BCUT2D eigenvalue weighted by molar-refractivity contribution is 0.189. The van der Waals surface area contributed by atoms with E-state index in [1.54, 1.807) is 0 Å². The highest BCUT2D eigenvalue weighted by Crippen LogP contribution is 2.13. The molecule has 2 rings (SSSR count). The predicted molar refractivity (Wildman–Crippen MR) is 82.9 cm³/mol. The van der Waals surface area contributed by atoms with E-state index in [2.05, 4.69) is 21.2 Å². The second-order valence-electron chi connectivity index (χ2n) is 4.67. The van der Waals surface area contributed by atoms with Crippen molar-refractivity contribution in [3.05, 3.63) is 70.2 Å². The summed E-state index contributed by atoms with van der Waals surface area (Å²) in [7, 11) is 0. The number of hydrogen-bond donors (Lipinski definition) is 2. The summed E-state index contributed by atoms with van der Waals surface area (Å²) in [5.74, 6) is 0. The molecule has 3 nitrogen and oxygen atoms in total. The summed E-state index contributed by atoms with van der Waals surface area (Å²) >= 11 is 3.40. The lowest BCUT2D eigenvalue weighted by Crippen LogP contribution is -2.37. The minimum absolute atomic E-state index is 0.129. The highest BCUT2D eigenvalue weighted by atomic mass is 79.9. The molecule has 2 aromatic rings. The SMILES string of the molecule is O=C(O)NC(Cc1ccccc1)Cc1ccc(Br)cc1. The smallest absolute Gasteiger partial charge is 0.404 e. The van der Waals surface area contributed by atoms with E-state index < -0.39 is 6.09 Å². The summed E-state index contributed by atoms with van der Waals surface area (Å²) in [6.45, 7) is 0. The van der Waals surface area contributed by atoms with Crippen molar-refractivity contribution in [2.24, 2.45) is 0 Å². The fourth-order valence-electron chi connectivity index (χ4n) is 2.15.